The highest BCUT2D eigenvalue weighted by molar-refractivity contribution is 5.25. The molecule has 2 rings (SSSR count). The second-order valence-electron chi connectivity index (χ2n) is 4.99. The minimum Gasteiger partial charge on any atom is -0.316 e. The molecule has 4 heteroatoms. The highest BCUT2D eigenvalue weighted by Crippen LogP contribution is 2.15. The summed E-state index contributed by atoms with van der Waals surface area (Å²) < 4.78 is 1.96. The summed E-state index contributed by atoms with van der Waals surface area (Å²) in [6.45, 7) is 4.21. The Morgan fingerprint density at radius 1 is 1.26 bits per heavy atom. The monoisotopic (exact) mass is 258 g/mol. The molecule has 0 radical (unpaired) electrons. The Labute approximate surface area is 114 Å². The van der Waals surface area contributed by atoms with Gasteiger partial charge in [-0.15, -0.1) is 0 Å². The van der Waals surface area contributed by atoms with Gasteiger partial charge >= 0.3 is 0 Å². The van der Waals surface area contributed by atoms with Crippen LogP contribution in [0.5, 0.6) is 0 Å². The third-order valence-electron chi connectivity index (χ3n) is 3.70. The minimum absolute atomic E-state index is 0.386. The Hall–Kier alpha value is -1.68. The molecule has 0 saturated heterocycles. The smallest absolute Gasteiger partial charge is 0.0628 e. The van der Waals surface area contributed by atoms with Gasteiger partial charge in [0.15, 0.2) is 0 Å². The van der Waals surface area contributed by atoms with Gasteiger partial charge in [-0.25, -0.2) is 0 Å². The zero-order valence-electron chi connectivity index (χ0n) is 12.1. The molecule has 1 unspecified atom stereocenters. The van der Waals surface area contributed by atoms with E-state index in [2.05, 4.69) is 35.3 Å². The van der Waals surface area contributed by atoms with Gasteiger partial charge in [0.2, 0.25) is 0 Å². The SMILES string of the molecule is CNC(Cc1ccccn1)Cc1c(C)nn(C)c1C. The van der Waals surface area contributed by atoms with Gasteiger partial charge in [-0.3, -0.25) is 9.67 Å². The first kappa shape index (κ1) is 13.7. The van der Waals surface area contributed by atoms with Crippen LogP contribution in [-0.2, 0) is 19.9 Å². The molecule has 2 heterocycles. The number of likely N-dealkylation sites (N-methyl/N-ethyl adjacent to an activating group) is 1. The molecular formula is C15H22N4. The fraction of sp³-hybridized carbons (Fsp3) is 0.467. The van der Waals surface area contributed by atoms with E-state index in [1.807, 2.05) is 37.1 Å². The summed E-state index contributed by atoms with van der Waals surface area (Å²) in [6, 6.07) is 6.45. The molecule has 0 aromatic carbocycles. The number of rotatable bonds is 5. The fourth-order valence-electron chi connectivity index (χ4n) is 2.41. The van der Waals surface area contributed by atoms with E-state index < -0.39 is 0 Å². The zero-order chi connectivity index (χ0) is 13.8. The predicted octanol–water partition coefficient (Wildman–Crippen LogP) is 1.81. The van der Waals surface area contributed by atoms with Gasteiger partial charge in [0.05, 0.1) is 5.69 Å². The summed E-state index contributed by atoms with van der Waals surface area (Å²) in [5.74, 6) is 0. The second-order valence-corrected chi connectivity index (χ2v) is 4.99. The van der Waals surface area contributed by atoms with Gasteiger partial charge in [-0.2, -0.15) is 5.10 Å². The van der Waals surface area contributed by atoms with Gasteiger partial charge in [0.1, 0.15) is 0 Å². The van der Waals surface area contributed by atoms with Crippen molar-refractivity contribution in [2.24, 2.45) is 7.05 Å². The highest BCUT2D eigenvalue weighted by atomic mass is 15.3. The molecule has 0 saturated carbocycles. The maximum Gasteiger partial charge on any atom is 0.0628 e. The summed E-state index contributed by atoms with van der Waals surface area (Å²) >= 11 is 0. The van der Waals surface area contributed by atoms with E-state index >= 15 is 0 Å². The van der Waals surface area contributed by atoms with Crippen molar-refractivity contribution in [2.75, 3.05) is 7.05 Å². The maximum absolute atomic E-state index is 4.48. The molecule has 2 aromatic rings. The summed E-state index contributed by atoms with van der Waals surface area (Å²) in [4.78, 5) is 4.40. The number of hydrogen-bond donors (Lipinski definition) is 1. The quantitative estimate of drug-likeness (QED) is 0.889. The average molecular weight is 258 g/mol. The number of nitrogens with one attached hydrogen (secondary N) is 1. The molecular weight excluding hydrogens is 236 g/mol. The summed E-state index contributed by atoms with van der Waals surface area (Å²) in [5.41, 5.74) is 4.85. The van der Waals surface area contributed by atoms with E-state index in [-0.39, 0.29) is 0 Å². The van der Waals surface area contributed by atoms with Gasteiger partial charge < -0.3 is 5.32 Å². The topological polar surface area (TPSA) is 42.7 Å². The fourth-order valence-corrected chi connectivity index (χ4v) is 2.41. The highest BCUT2D eigenvalue weighted by Gasteiger charge is 2.15. The molecule has 1 atom stereocenters. The van der Waals surface area contributed by atoms with Crippen molar-refractivity contribution in [1.82, 2.24) is 20.1 Å². The molecule has 0 bridgehead atoms. The van der Waals surface area contributed by atoms with Crippen LogP contribution in [0.2, 0.25) is 0 Å². The van der Waals surface area contributed by atoms with Crippen LogP contribution in [0.4, 0.5) is 0 Å². The average Bonchev–Trinajstić information content (AvgIpc) is 2.65. The Bertz CT molecular complexity index is 531. The van der Waals surface area contributed by atoms with Crippen LogP contribution in [0, 0.1) is 13.8 Å². The number of aryl methyl sites for hydroxylation is 2. The molecule has 0 amide bonds. The van der Waals surface area contributed by atoms with E-state index in [1.165, 1.54) is 11.3 Å². The first-order valence-corrected chi connectivity index (χ1v) is 6.68. The van der Waals surface area contributed by atoms with Crippen molar-refractivity contribution in [3.63, 3.8) is 0 Å². The largest absolute Gasteiger partial charge is 0.316 e. The first-order valence-electron chi connectivity index (χ1n) is 6.68. The zero-order valence-corrected chi connectivity index (χ0v) is 12.1. The molecule has 1 N–H and O–H groups in total. The minimum atomic E-state index is 0.386. The Kier molecular flexibility index (Phi) is 4.32. The van der Waals surface area contributed by atoms with E-state index in [4.69, 9.17) is 0 Å². The predicted molar refractivity (Wildman–Crippen MR) is 77.2 cm³/mol. The Morgan fingerprint density at radius 2 is 2.05 bits per heavy atom. The molecule has 0 aliphatic carbocycles. The van der Waals surface area contributed by atoms with E-state index in [0.29, 0.717) is 6.04 Å². The van der Waals surface area contributed by atoms with E-state index in [0.717, 1.165) is 24.2 Å². The van der Waals surface area contributed by atoms with Gasteiger partial charge in [0.25, 0.3) is 0 Å². The molecule has 0 fully saturated rings. The van der Waals surface area contributed by atoms with Crippen molar-refractivity contribution in [2.45, 2.75) is 32.7 Å². The van der Waals surface area contributed by atoms with Crippen LogP contribution in [0.3, 0.4) is 0 Å². The number of aromatic nitrogens is 3. The van der Waals surface area contributed by atoms with Crippen molar-refractivity contribution < 1.29 is 0 Å². The van der Waals surface area contributed by atoms with Gasteiger partial charge in [0, 0.05) is 37.1 Å². The lowest BCUT2D eigenvalue weighted by atomic mass is 10.0. The van der Waals surface area contributed by atoms with Crippen LogP contribution in [0.25, 0.3) is 0 Å². The molecule has 0 aliphatic heterocycles. The molecule has 102 valence electrons. The maximum atomic E-state index is 4.48. The summed E-state index contributed by atoms with van der Waals surface area (Å²) in [5, 5.41) is 7.86. The normalized spacial score (nSPS) is 12.6. The molecule has 19 heavy (non-hydrogen) atoms. The summed E-state index contributed by atoms with van der Waals surface area (Å²) in [7, 11) is 4.01. The number of hydrogen-bond acceptors (Lipinski definition) is 3. The molecule has 0 aliphatic rings. The third-order valence-corrected chi connectivity index (χ3v) is 3.70. The van der Waals surface area contributed by atoms with Crippen molar-refractivity contribution in [3.05, 3.63) is 47.0 Å². The molecule has 4 nitrogen and oxygen atoms in total. The second kappa shape index (κ2) is 5.97. The third kappa shape index (κ3) is 3.20. The Balaban J connectivity index is 2.11. The van der Waals surface area contributed by atoms with Gasteiger partial charge in [-0.1, -0.05) is 6.07 Å². The number of nitrogens with zero attached hydrogens (tertiary/aromatic N) is 3. The molecule has 2 aromatic heterocycles. The van der Waals surface area contributed by atoms with Gasteiger partial charge in [-0.05, 0) is 45.0 Å². The lowest BCUT2D eigenvalue weighted by Gasteiger charge is -2.16. The van der Waals surface area contributed by atoms with Crippen molar-refractivity contribution in [3.8, 4) is 0 Å². The molecule has 0 spiro atoms. The standard InChI is InChI=1S/C15H22N4/c1-11-15(12(2)19(4)18-11)10-14(16-3)9-13-7-5-6-8-17-13/h5-8,14,16H,9-10H2,1-4H3. The van der Waals surface area contributed by atoms with Crippen molar-refractivity contribution in [1.29, 1.82) is 0 Å². The van der Waals surface area contributed by atoms with Crippen LogP contribution < -0.4 is 5.32 Å². The van der Waals surface area contributed by atoms with Crippen LogP contribution >= 0.6 is 0 Å². The summed E-state index contributed by atoms with van der Waals surface area (Å²) in [6.07, 6.45) is 3.77. The first-order chi connectivity index (χ1) is 9.11. The van der Waals surface area contributed by atoms with Crippen LogP contribution in [0.15, 0.2) is 24.4 Å². The Morgan fingerprint density at radius 3 is 2.58 bits per heavy atom. The van der Waals surface area contributed by atoms with Crippen molar-refractivity contribution >= 4 is 0 Å². The van der Waals surface area contributed by atoms with E-state index in [1.54, 1.807) is 0 Å². The van der Waals surface area contributed by atoms with E-state index in [9.17, 15) is 0 Å². The number of pyridine rings is 1. The lowest BCUT2D eigenvalue weighted by Crippen LogP contribution is -2.30. The lowest BCUT2D eigenvalue weighted by molar-refractivity contribution is 0.547. The van der Waals surface area contributed by atoms with Crippen LogP contribution in [0.1, 0.15) is 22.6 Å². The van der Waals surface area contributed by atoms with Crippen LogP contribution in [-0.4, -0.2) is 27.9 Å².